The van der Waals surface area contributed by atoms with Gasteiger partial charge in [0.2, 0.25) is 0 Å². The number of piperidine rings is 1. The Labute approximate surface area is 123 Å². The maximum atomic E-state index is 12.5. The van der Waals surface area contributed by atoms with Gasteiger partial charge in [-0.1, -0.05) is 0 Å². The van der Waals surface area contributed by atoms with Crippen LogP contribution in [0.15, 0.2) is 36.8 Å². The summed E-state index contributed by atoms with van der Waals surface area (Å²) in [5, 5.41) is 0. The molecule has 0 saturated carbocycles. The predicted octanol–water partition coefficient (Wildman–Crippen LogP) is 2.35. The van der Waals surface area contributed by atoms with Gasteiger partial charge in [-0.25, -0.2) is 0 Å². The number of carbonyl (C=O) groups is 1. The van der Waals surface area contributed by atoms with Gasteiger partial charge >= 0.3 is 0 Å². The zero-order valence-electron chi connectivity index (χ0n) is 11.8. The third-order valence-electron chi connectivity index (χ3n) is 3.71. The van der Waals surface area contributed by atoms with Gasteiger partial charge < -0.3 is 10.6 Å². The molecule has 1 amide bonds. The minimum atomic E-state index is 0.0789. The molecule has 2 N–H and O–H groups in total. The van der Waals surface area contributed by atoms with Crippen LogP contribution in [0, 0.1) is 0 Å². The van der Waals surface area contributed by atoms with Crippen molar-refractivity contribution in [3.63, 3.8) is 0 Å². The second kappa shape index (κ2) is 5.91. The quantitative estimate of drug-likeness (QED) is 0.917. The first-order chi connectivity index (χ1) is 10.2. The van der Waals surface area contributed by atoms with Gasteiger partial charge in [0.15, 0.2) is 0 Å². The van der Waals surface area contributed by atoms with Crippen LogP contribution in [-0.4, -0.2) is 33.9 Å². The lowest BCUT2D eigenvalue weighted by Crippen LogP contribution is -2.35. The van der Waals surface area contributed by atoms with Gasteiger partial charge in [0.05, 0.1) is 11.4 Å². The molecule has 3 heterocycles. The third kappa shape index (κ3) is 3.02. The number of nitrogens with two attached hydrogens (primary N) is 1. The molecule has 1 saturated heterocycles. The number of hydrogen-bond acceptors (Lipinski definition) is 4. The molecular weight excluding hydrogens is 264 g/mol. The van der Waals surface area contributed by atoms with Crippen LogP contribution in [0.5, 0.6) is 0 Å². The molecule has 1 aliphatic heterocycles. The summed E-state index contributed by atoms with van der Waals surface area (Å²) in [6, 6.07) is 5.39. The fraction of sp³-hybridized carbons (Fsp3) is 0.312. The number of nitrogen functional groups attached to an aromatic ring is 1. The van der Waals surface area contributed by atoms with Crippen molar-refractivity contribution < 1.29 is 4.79 Å². The maximum absolute atomic E-state index is 12.5. The van der Waals surface area contributed by atoms with Crippen LogP contribution in [0.25, 0.3) is 11.3 Å². The molecule has 2 aromatic rings. The Morgan fingerprint density at radius 3 is 2.71 bits per heavy atom. The second-order valence-corrected chi connectivity index (χ2v) is 5.29. The fourth-order valence-corrected chi connectivity index (χ4v) is 2.60. The highest BCUT2D eigenvalue weighted by Gasteiger charge is 2.18. The van der Waals surface area contributed by atoms with Gasteiger partial charge in [0.1, 0.15) is 0 Å². The number of amides is 1. The molecule has 0 radical (unpaired) electrons. The average Bonchev–Trinajstić information content (AvgIpc) is 2.55. The van der Waals surface area contributed by atoms with Gasteiger partial charge in [-0.3, -0.25) is 14.8 Å². The van der Waals surface area contributed by atoms with E-state index in [-0.39, 0.29) is 5.91 Å². The highest BCUT2D eigenvalue weighted by atomic mass is 16.2. The summed E-state index contributed by atoms with van der Waals surface area (Å²) in [6.45, 7) is 1.69. The number of pyridine rings is 2. The molecule has 0 bridgehead atoms. The van der Waals surface area contributed by atoms with Crippen LogP contribution in [0.1, 0.15) is 29.6 Å². The Kier molecular flexibility index (Phi) is 3.81. The van der Waals surface area contributed by atoms with E-state index in [1.165, 1.54) is 6.42 Å². The summed E-state index contributed by atoms with van der Waals surface area (Å²) < 4.78 is 0. The zero-order chi connectivity index (χ0) is 14.7. The molecule has 1 fully saturated rings. The maximum Gasteiger partial charge on any atom is 0.253 e. The molecule has 21 heavy (non-hydrogen) atoms. The molecule has 5 heteroatoms. The number of hydrogen-bond donors (Lipinski definition) is 1. The summed E-state index contributed by atoms with van der Waals surface area (Å²) in [5.74, 6) is 0.0789. The summed E-state index contributed by atoms with van der Waals surface area (Å²) in [5.41, 5.74) is 8.54. The second-order valence-electron chi connectivity index (χ2n) is 5.29. The Hall–Kier alpha value is -2.43. The molecule has 0 unspecified atom stereocenters. The molecule has 3 rings (SSSR count). The Morgan fingerprint density at radius 2 is 1.95 bits per heavy atom. The molecule has 2 aromatic heterocycles. The number of nitrogens with zero attached hydrogens (tertiary/aromatic N) is 3. The van der Waals surface area contributed by atoms with E-state index in [0.29, 0.717) is 11.3 Å². The van der Waals surface area contributed by atoms with Crippen LogP contribution >= 0.6 is 0 Å². The zero-order valence-corrected chi connectivity index (χ0v) is 11.8. The smallest absolute Gasteiger partial charge is 0.253 e. The van der Waals surface area contributed by atoms with Crippen molar-refractivity contribution in [3.8, 4) is 11.3 Å². The fourth-order valence-electron chi connectivity index (χ4n) is 2.60. The average molecular weight is 282 g/mol. The van der Waals surface area contributed by atoms with E-state index >= 15 is 0 Å². The summed E-state index contributed by atoms with van der Waals surface area (Å²) >= 11 is 0. The van der Waals surface area contributed by atoms with Crippen molar-refractivity contribution >= 4 is 11.6 Å². The minimum absolute atomic E-state index is 0.0789. The van der Waals surface area contributed by atoms with E-state index in [1.54, 1.807) is 24.7 Å². The summed E-state index contributed by atoms with van der Waals surface area (Å²) in [7, 11) is 0. The monoisotopic (exact) mass is 282 g/mol. The largest absolute Gasteiger partial charge is 0.397 e. The molecule has 0 aliphatic carbocycles. The first-order valence-corrected chi connectivity index (χ1v) is 7.20. The standard InChI is InChI=1S/C16H18N4O/c17-14-8-13(10-18-11-14)15-9-12(4-5-19-15)16(21)20-6-2-1-3-7-20/h4-5,8-11H,1-3,6-7,17H2. The van der Waals surface area contributed by atoms with E-state index in [1.807, 2.05) is 17.0 Å². The lowest BCUT2D eigenvalue weighted by Gasteiger charge is -2.26. The Bertz CT molecular complexity index is 650. The molecule has 1 aliphatic rings. The number of likely N-dealkylation sites (tertiary alicyclic amines) is 1. The van der Waals surface area contributed by atoms with Gasteiger partial charge in [-0.2, -0.15) is 0 Å². The molecule has 5 nitrogen and oxygen atoms in total. The van der Waals surface area contributed by atoms with Crippen molar-refractivity contribution in [2.45, 2.75) is 19.3 Å². The predicted molar refractivity (Wildman–Crippen MR) is 81.6 cm³/mol. The van der Waals surface area contributed by atoms with E-state index in [2.05, 4.69) is 9.97 Å². The van der Waals surface area contributed by atoms with Crippen LogP contribution in [0.2, 0.25) is 0 Å². The van der Waals surface area contributed by atoms with E-state index in [4.69, 9.17) is 5.73 Å². The van der Waals surface area contributed by atoms with E-state index in [0.717, 1.165) is 37.2 Å². The molecule has 0 atom stereocenters. The Morgan fingerprint density at radius 1 is 1.14 bits per heavy atom. The Balaban J connectivity index is 1.87. The van der Waals surface area contributed by atoms with Crippen molar-refractivity contribution in [2.24, 2.45) is 0 Å². The SMILES string of the molecule is Nc1cncc(-c2cc(C(=O)N3CCCCC3)ccn2)c1. The molecule has 108 valence electrons. The van der Waals surface area contributed by atoms with Gasteiger partial charge in [-0.05, 0) is 37.5 Å². The molecule has 0 spiro atoms. The molecular formula is C16H18N4O. The first kappa shape index (κ1) is 13.5. The van der Waals surface area contributed by atoms with Crippen LogP contribution < -0.4 is 5.73 Å². The van der Waals surface area contributed by atoms with E-state index < -0.39 is 0 Å². The van der Waals surface area contributed by atoms with Crippen LogP contribution in [0.4, 0.5) is 5.69 Å². The lowest BCUT2D eigenvalue weighted by atomic mass is 10.1. The topological polar surface area (TPSA) is 72.1 Å². The number of carbonyl (C=O) groups excluding carboxylic acids is 1. The molecule has 0 aromatic carbocycles. The highest BCUT2D eigenvalue weighted by molar-refractivity contribution is 5.95. The van der Waals surface area contributed by atoms with Gasteiger partial charge in [0.25, 0.3) is 5.91 Å². The van der Waals surface area contributed by atoms with Crippen molar-refractivity contribution in [3.05, 3.63) is 42.4 Å². The van der Waals surface area contributed by atoms with E-state index in [9.17, 15) is 4.79 Å². The first-order valence-electron chi connectivity index (χ1n) is 7.20. The number of rotatable bonds is 2. The minimum Gasteiger partial charge on any atom is -0.397 e. The van der Waals surface area contributed by atoms with Gasteiger partial charge in [-0.15, -0.1) is 0 Å². The summed E-state index contributed by atoms with van der Waals surface area (Å²) in [4.78, 5) is 22.8. The van der Waals surface area contributed by atoms with Crippen molar-refractivity contribution in [1.29, 1.82) is 0 Å². The van der Waals surface area contributed by atoms with Crippen molar-refractivity contribution in [1.82, 2.24) is 14.9 Å². The number of aromatic nitrogens is 2. The lowest BCUT2D eigenvalue weighted by molar-refractivity contribution is 0.0724. The van der Waals surface area contributed by atoms with Crippen LogP contribution in [0.3, 0.4) is 0 Å². The number of anilines is 1. The highest BCUT2D eigenvalue weighted by Crippen LogP contribution is 2.20. The normalized spacial score (nSPS) is 15.0. The van der Waals surface area contributed by atoms with Crippen LogP contribution in [-0.2, 0) is 0 Å². The summed E-state index contributed by atoms with van der Waals surface area (Å²) in [6.07, 6.45) is 8.34. The van der Waals surface area contributed by atoms with Crippen molar-refractivity contribution in [2.75, 3.05) is 18.8 Å². The van der Waals surface area contributed by atoms with Gasteiger partial charge in [0, 0.05) is 42.8 Å². The third-order valence-corrected chi connectivity index (χ3v) is 3.71.